The first-order valence-corrected chi connectivity index (χ1v) is 8.46. The van der Waals surface area contributed by atoms with E-state index in [1.165, 1.54) is 12.8 Å². The summed E-state index contributed by atoms with van der Waals surface area (Å²) in [4.78, 5) is 11.3. The van der Waals surface area contributed by atoms with E-state index in [1.54, 1.807) is 0 Å². The molecule has 0 aromatic carbocycles. The van der Waals surface area contributed by atoms with Gasteiger partial charge in [0.25, 0.3) is 0 Å². The van der Waals surface area contributed by atoms with Crippen molar-refractivity contribution < 1.29 is 4.52 Å². The van der Waals surface area contributed by atoms with Crippen molar-refractivity contribution in [3.8, 4) is 0 Å². The Hall–Kier alpha value is -2.44. The fourth-order valence-corrected chi connectivity index (χ4v) is 2.84. The monoisotopic (exact) mass is 326 g/mol. The van der Waals surface area contributed by atoms with Crippen molar-refractivity contribution in [2.75, 3.05) is 11.9 Å². The van der Waals surface area contributed by atoms with Crippen molar-refractivity contribution >= 4 is 11.5 Å². The molecule has 1 fully saturated rings. The van der Waals surface area contributed by atoms with Crippen LogP contribution in [0.3, 0.4) is 0 Å². The van der Waals surface area contributed by atoms with E-state index >= 15 is 0 Å². The van der Waals surface area contributed by atoms with Gasteiger partial charge in [0.05, 0.1) is 12.2 Å². The van der Waals surface area contributed by atoms with Crippen molar-refractivity contribution in [3.05, 3.63) is 34.7 Å². The standard InChI is InChI=1S/C17H22N6O/c1-5-13-8-15(23-17(18-13)10(2)11(3)20-23)22(4)9-14-19-16(21-24-14)12-6-7-12/h8,12H,5-7,9H2,1-4H3. The summed E-state index contributed by atoms with van der Waals surface area (Å²) in [5.41, 5.74) is 4.09. The predicted octanol–water partition coefficient (Wildman–Crippen LogP) is 2.81. The highest BCUT2D eigenvalue weighted by atomic mass is 16.5. The smallest absolute Gasteiger partial charge is 0.246 e. The van der Waals surface area contributed by atoms with E-state index in [9.17, 15) is 0 Å². The van der Waals surface area contributed by atoms with Crippen LogP contribution in [-0.4, -0.2) is 31.8 Å². The van der Waals surface area contributed by atoms with Crippen LogP contribution in [0.25, 0.3) is 5.65 Å². The van der Waals surface area contributed by atoms with Crippen LogP contribution in [0.5, 0.6) is 0 Å². The number of fused-ring (bicyclic) bond motifs is 1. The van der Waals surface area contributed by atoms with Gasteiger partial charge in [-0.05, 0) is 33.1 Å². The van der Waals surface area contributed by atoms with Crippen LogP contribution in [0, 0.1) is 13.8 Å². The third kappa shape index (κ3) is 2.53. The summed E-state index contributed by atoms with van der Waals surface area (Å²) in [5.74, 6) is 2.98. The number of nitrogens with zero attached hydrogens (tertiary/aromatic N) is 6. The molecule has 0 saturated heterocycles. The van der Waals surface area contributed by atoms with Gasteiger partial charge in [0.15, 0.2) is 11.5 Å². The summed E-state index contributed by atoms with van der Waals surface area (Å²) < 4.78 is 7.31. The maximum atomic E-state index is 5.41. The Bertz CT molecular complexity index is 892. The third-order valence-electron chi connectivity index (χ3n) is 4.64. The molecule has 0 N–H and O–H groups in total. The van der Waals surface area contributed by atoms with Gasteiger partial charge in [-0.15, -0.1) is 0 Å². The number of aryl methyl sites for hydroxylation is 3. The number of aromatic nitrogens is 5. The Kier molecular flexibility index (Phi) is 3.51. The number of hydrogen-bond acceptors (Lipinski definition) is 6. The van der Waals surface area contributed by atoms with Crippen LogP contribution < -0.4 is 4.90 Å². The highest BCUT2D eigenvalue weighted by molar-refractivity contribution is 5.56. The zero-order valence-electron chi connectivity index (χ0n) is 14.6. The van der Waals surface area contributed by atoms with Gasteiger partial charge in [0.1, 0.15) is 5.82 Å². The van der Waals surface area contributed by atoms with Crippen molar-refractivity contribution in [1.82, 2.24) is 24.7 Å². The first-order valence-electron chi connectivity index (χ1n) is 8.46. The van der Waals surface area contributed by atoms with Gasteiger partial charge in [-0.1, -0.05) is 12.1 Å². The molecule has 3 aromatic rings. The molecule has 0 unspecified atom stereocenters. The highest BCUT2D eigenvalue weighted by Crippen LogP contribution is 2.38. The predicted molar refractivity (Wildman–Crippen MR) is 90.2 cm³/mol. The van der Waals surface area contributed by atoms with Gasteiger partial charge in [-0.2, -0.15) is 14.6 Å². The molecule has 3 aromatic heterocycles. The van der Waals surface area contributed by atoms with Crippen molar-refractivity contribution in [2.45, 2.75) is 52.5 Å². The maximum Gasteiger partial charge on any atom is 0.246 e. The minimum absolute atomic E-state index is 0.503. The van der Waals surface area contributed by atoms with Gasteiger partial charge >= 0.3 is 0 Å². The summed E-state index contributed by atoms with van der Waals surface area (Å²) >= 11 is 0. The molecule has 0 spiro atoms. The van der Waals surface area contributed by atoms with Crippen molar-refractivity contribution in [1.29, 1.82) is 0 Å². The van der Waals surface area contributed by atoms with Crippen LogP contribution in [0.1, 0.15) is 54.3 Å². The number of hydrogen-bond donors (Lipinski definition) is 0. The van der Waals surface area contributed by atoms with E-state index in [4.69, 9.17) is 9.51 Å². The summed E-state index contributed by atoms with van der Waals surface area (Å²) in [7, 11) is 2.02. The summed E-state index contributed by atoms with van der Waals surface area (Å²) in [6.07, 6.45) is 3.23. The van der Waals surface area contributed by atoms with Gasteiger partial charge in [0.2, 0.25) is 5.89 Å². The van der Waals surface area contributed by atoms with E-state index in [-0.39, 0.29) is 0 Å². The SMILES string of the molecule is CCc1cc(N(C)Cc2nc(C3CC3)no2)n2nc(C)c(C)c2n1. The average molecular weight is 326 g/mol. The lowest BCUT2D eigenvalue weighted by molar-refractivity contribution is 0.372. The fraction of sp³-hybridized carbons (Fsp3) is 0.529. The molecule has 0 atom stereocenters. The molecule has 4 rings (SSSR count). The normalized spacial score (nSPS) is 14.5. The van der Waals surface area contributed by atoms with Crippen molar-refractivity contribution in [3.63, 3.8) is 0 Å². The summed E-state index contributed by atoms with van der Waals surface area (Å²) in [5, 5.41) is 8.73. The van der Waals surface area contributed by atoms with E-state index in [0.29, 0.717) is 18.4 Å². The number of anilines is 1. The van der Waals surface area contributed by atoms with Crippen LogP contribution in [0.2, 0.25) is 0 Å². The zero-order chi connectivity index (χ0) is 16.8. The molecule has 0 radical (unpaired) electrons. The molecular formula is C17H22N6O. The van der Waals surface area contributed by atoms with Crippen LogP contribution in [0.4, 0.5) is 5.82 Å². The quantitative estimate of drug-likeness (QED) is 0.718. The topological polar surface area (TPSA) is 72.4 Å². The molecule has 3 heterocycles. The molecule has 1 aliphatic rings. The summed E-state index contributed by atoms with van der Waals surface area (Å²) in [6, 6.07) is 2.08. The first kappa shape index (κ1) is 15.1. The largest absolute Gasteiger partial charge is 0.350 e. The Morgan fingerprint density at radius 2 is 2.08 bits per heavy atom. The van der Waals surface area contributed by atoms with E-state index in [0.717, 1.165) is 40.7 Å². The van der Waals surface area contributed by atoms with Gasteiger partial charge in [0, 0.05) is 30.3 Å². The third-order valence-corrected chi connectivity index (χ3v) is 4.64. The molecule has 126 valence electrons. The maximum absolute atomic E-state index is 5.41. The van der Waals surface area contributed by atoms with Crippen LogP contribution in [0.15, 0.2) is 10.6 Å². The molecule has 7 heteroatoms. The van der Waals surface area contributed by atoms with Gasteiger partial charge in [-0.3, -0.25) is 0 Å². The Morgan fingerprint density at radius 3 is 2.79 bits per heavy atom. The molecule has 0 aliphatic heterocycles. The molecule has 24 heavy (non-hydrogen) atoms. The summed E-state index contributed by atoms with van der Waals surface area (Å²) in [6.45, 7) is 6.74. The lowest BCUT2D eigenvalue weighted by Gasteiger charge is -2.18. The molecule has 1 aliphatic carbocycles. The molecule has 1 saturated carbocycles. The Labute approximate surface area is 140 Å². The van der Waals surface area contributed by atoms with Crippen molar-refractivity contribution in [2.24, 2.45) is 0 Å². The minimum atomic E-state index is 0.503. The lowest BCUT2D eigenvalue weighted by atomic mass is 10.2. The average Bonchev–Trinajstić information content (AvgIpc) is 3.26. The van der Waals surface area contributed by atoms with Gasteiger partial charge < -0.3 is 9.42 Å². The van der Waals surface area contributed by atoms with E-state index < -0.39 is 0 Å². The lowest BCUT2D eigenvalue weighted by Crippen LogP contribution is -2.20. The molecule has 0 bridgehead atoms. The van der Waals surface area contributed by atoms with E-state index in [1.807, 2.05) is 18.5 Å². The molecule has 7 nitrogen and oxygen atoms in total. The molecular weight excluding hydrogens is 304 g/mol. The van der Waals surface area contributed by atoms with Crippen LogP contribution >= 0.6 is 0 Å². The molecule has 0 amide bonds. The van der Waals surface area contributed by atoms with E-state index in [2.05, 4.69) is 40.1 Å². The zero-order valence-corrected chi connectivity index (χ0v) is 14.6. The Morgan fingerprint density at radius 1 is 1.29 bits per heavy atom. The first-order chi connectivity index (χ1) is 11.6. The minimum Gasteiger partial charge on any atom is -0.350 e. The Balaban J connectivity index is 1.69. The van der Waals surface area contributed by atoms with Gasteiger partial charge in [-0.25, -0.2) is 4.98 Å². The number of rotatable bonds is 5. The second-order valence-corrected chi connectivity index (χ2v) is 6.58. The van der Waals surface area contributed by atoms with Crippen LogP contribution in [-0.2, 0) is 13.0 Å². The second kappa shape index (κ2) is 5.58. The fourth-order valence-electron chi connectivity index (χ4n) is 2.84. The highest BCUT2D eigenvalue weighted by Gasteiger charge is 2.29. The second-order valence-electron chi connectivity index (χ2n) is 6.58.